The SMILES string of the molecule is COC(=O)C1=C(C)NC(C)=C(C(=O)OC(C)C)C1c1cccc2cccnc12. The zero-order valence-electron chi connectivity index (χ0n) is 16.7. The summed E-state index contributed by atoms with van der Waals surface area (Å²) in [5.74, 6) is -1.60. The lowest BCUT2D eigenvalue weighted by atomic mass is 9.79. The van der Waals surface area contributed by atoms with Gasteiger partial charge in [-0.3, -0.25) is 4.98 Å². The number of aromatic nitrogens is 1. The van der Waals surface area contributed by atoms with Crippen LogP contribution in [-0.4, -0.2) is 30.1 Å². The number of benzene rings is 1. The van der Waals surface area contributed by atoms with Gasteiger partial charge in [-0.25, -0.2) is 9.59 Å². The summed E-state index contributed by atoms with van der Waals surface area (Å²) in [7, 11) is 1.33. The number of carbonyl (C=O) groups is 2. The quantitative estimate of drug-likeness (QED) is 0.817. The van der Waals surface area contributed by atoms with E-state index in [1.165, 1.54) is 7.11 Å². The van der Waals surface area contributed by atoms with Gasteiger partial charge in [-0.1, -0.05) is 24.3 Å². The smallest absolute Gasteiger partial charge is 0.337 e. The summed E-state index contributed by atoms with van der Waals surface area (Å²) in [6.07, 6.45) is 1.41. The molecule has 2 heterocycles. The number of nitrogens with one attached hydrogen (secondary N) is 1. The van der Waals surface area contributed by atoms with E-state index in [9.17, 15) is 9.59 Å². The van der Waals surface area contributed by atoms with E-state index in [2.05, 4.69) is 10.3 Å². The minimum atomic E-state index is -0.640. The maximum atomic E-state index is 13.0. The topological polar surface area (TPSA) is 77.5 Å². The lowest BCUT2D eigenvalue weighted by Crippen LogP contribution is -2.33. The molecule has 1 aromatic carbocycles. The molecule has 1 N–H and O–H groups in total. The third-order valence-corrected chi connectivity index (χ3v) is 4.70. The summed E-state index contributed by atoms with van der Waals surface area (Å²) >= 11 is 0. The van der Waals surface area contributed by atoms with Gasteiger partial charge >= 0.3 is 11.9 Å². The average molecular weight is 380 g/mol. The van der Waals surface area contributed by atoms with E-state index >= 15 is 0 Å². The van der Waals surface area contributed by atoms with E-state index in [0.29, 0.717) is 22.5 Å². The number of nitrogens with zero attached hydrogens (tertiary/aromatic N) is 1. The zero-order valence-corrected chi connectivity index (χ0v) is 16.7. The Morgan fingerprint density at radius 2 is 1.68 bits per heavy atom. The van der Waals surface area contributed by atoms with Crippen LogP contribution < -0.4 is 5.32 Å². The first-order valence-corrected chi connectivity index (χ1v) is 9.16. The Morgan fingerprint density at radius 1 is 1.04 bits per heavy atom. The van der Waals surface area contributed by atoms with Gasteiger partial charge in [-0.2, -0.15) is 0 Å². The number of fused-ring (bicyclic) bond motifs is 1. The number of dihydropyridines is 1. The van der Waals surface area contributed by atoms with Crippen molar-refractivity contribution in [3.05, 3.63) is 64.6 Å². The highest BCUT2D eigenvalue weighted by molar-refractivity contribution is 6.01. The summed E-state index contributed by atoms with van der Waals surface area (Å²) in [5, 5.41) is 4.06. The van der Waals surface area contributed by atoms with Gasteiger partial charge in [0.15, 0.2) is 0 Å². The van der Waals surface area contributed by atoms with Crippen LogP contribution >= 0.6 is 0 Å². The second-order valence-electron chi connectivity index (χ2n) is 7.00. The monoisotopic (exact) mass is 380 g/mol. The fourth-order valence-electron chi connectivity index (χ4n) is 3.59. The molecule has 0 spiro atoms. The molecular weight excluding hydrogens is 356 g/mol. The van der Waals surface area contributed by atoms with Crippen molar-refractivity contribution in [2.45, 2.75) is 39.7 Å². The third-order valence-electron chi connectivity index (χ3n) is 4.70. The van der Waals surface area contributed by atoms with E-state index in [1.54, 1.807) is 33.9 Å². The number of methoxy groups -OCH3 is 1. The number of allylic oxidation sites excluding steroid dienone is 2. The van der Waals surface area contributed by atoms with Crippen LogP contribution in [0.5, 0.6) is 0 Å². The molecule has 1 aromatic heterocycles. The molecule has 6 heteroatoms. The molecule has 2 aromatic rings. The lowest BCUT2D eigenvalue weighted by molar-refractivity contribution is -0.143. The van der Waals surface area contributed by atoms with Crippen LogP contribution in [0.4, 0.5) is 0 Å². The van der Waals surface area contributed by atoms with Crippen LogP contribution in [-0.2, 0) is 19.1 Å². The molecule has 0 bridgehead atoms. The van der Waals surface area contributed by atoms with E-state index in [0.717, 1.165) is 16.5 Å². The molecule has 0 aliphatic carbocycles. The first-order chi connectivity index (χ1) is 13.3. The van der Waals surface area contributed by atoms with Crippen LogP contribution in [0.25, 0.3) is 10.9 Å². The summed E-state index contributed by atoms with van der Waals surface area (Å²) in [6.45, 7) is 7.19. The van der Waals surface area contributed by atoms with Crippen LogP contribution in [0.3, 0.4) is 0 Å². The standard InChI is InChI=1S/C22H24N2O4/c1-12(2)28-22(26)18-14(4)24-13(3)17(21(25)27-5)19(18)16-10-6-8-15-9-7-11-23-20(15)16/h6-12,19,24H,1-5H3. The van der Waals surface area contributed by atoms with Gasteiger partial charge < -0.3 is 14.8 Å². The molecule has 6 nitrogen and oxygen atoms in total. The lowest BCUT2D eigenvalue weighted by Gasteiger charge is -2.31. The number of pyridine rings is 1. The van der Waals surface area contributed by atoms with Crippen molar-refractivity contribution in [2.75, 3.05) is 7.11 Å². The second-order valence-corrected chi connectivity index (χ2v) is 7.00. The summed E-state index contributed by atoms with van der Waals surface area (Å²) < 4.78 is 10.5. The molecule has 0 saturated carbocycles. The summed E-state index contributed by atoms with van der Waals surface area (Å²) in [4.78, 5) is 30.2. The Labute approximate surface area is 164 Å². The number of carbonyl (C=O) groups excluding carboxylic acids is 2. The van der Waals surface area contributed by atoms with Crippen molar-refractivity contribution < 1.29 is 19.1 Å². The molecule has 0 amide bonds. The highest BCUT2D eigenvalue weighted by Gasteiger charge is 2.38. The first-order valence-electron chi connectivity index (χ1n) is 9.16. The minimum Gasteiger partial charge on any atom is -0.466 e. The van der Waals surface area contributed by atoms with Gasteiger partial charge in [0, 0.05) is 23.0 Å². The van der Waals surface area contributed by atoms with E-state index in [1.807, 2.05) is 30.3 Å². The number of rotatable bonds is 4. The van der Waals surface area contributed by atoms with Crippen LogP contribution in [0, 0.1) is 0 Å². The van der Waals surface area contributed by atoms with Crippen molar-refractivity contribution >= 4 is 22.8 Å². The number of hydrogen-bond donors (Lipinski definition) is 1. The first kappa shape index (κ1) is 19.6. The molecule has 1 aliphatic rings. The number of hydrogen-bond acceptors (Lipinski definition) is 6. The highest BCUT2D eigenvalue weighted by Crippen LogP contribution is 2.41. The Kier molecular flexibility index (Phi) is 5.49. The van der Waals surface area contributed by atoms with Crippen molar-refractivity contribution in [2.24, 2.45) is 0 Å². The Morgan fingerprint density at radius 3 is 2.32 bits per heavy atom. The fraction of sp³-hybridized carbons (Fsp3) is 0.318. The van der Waals surface area contributed by atoms with Gasteiger partial charge in [-0.05, 0) is 39.3 Å². The normalized spacial score (nSPS) is 17.0. The maximum absolute atomic E-state index is 13.0. The van der Waals surface area contributed by atoms with Gasteiger partial charge in [0.05, 0.1) is 35.8 Å². The summed E-state index contributed by atoms with van der Waals surface area (Å²) in [6, 6.07) is 9.53. The Balaban J connectivity index is 2.28. The molecule has 0 saturated heterocycles. The molecule has 1 atom stereocenters. The van der Waals surface area contributed by atoms with Crippen molar-refractivity contribution in [1.29, 1.82) is 0 Å². The Hall–Kier alpha value is -3.15. The van der Waals surface area contributed by atoms with Gasteiger partial charge in [0.2, 0.25) is 0 Å². The molecule has 1 unspecified atom stereocenters. The summed E-state index contributed by atoms with van der Waals surface area (Å²) in [5.41, 5.74) is 3.54. The third kappa shape index (κ3) is 3.50. The van der Waals surface area contributed by atoms with Gasteiger partial charge in [0.25, 0.3) is 0 Å². The minimum absolute atomic E-state index is 0.285. The number of para-hydroxylation sites is 1. The number of esters is 2. The van der Waals surface area contributed by atoms with Crippen LogP contribution in [0.2, 0.25) is 0 Å². The molecule has 28 heavy (non-hydrogen) atoms. The molecule has 3 rings (SSSR count). The second kappa shape index (κ2) is 7.84. The molecule has 0 radical (unpaired) electrons. The zero-order chi connectivity index (χ0) is 20.4. The van der Waals surface area contributed by atoms with Crippen LogP contribution in [0.1, 0.15) is 39.2 Å². The maximum Gasteiger partial charge on any atom is 0.337 e. The molecule has 0 fully saturated rings. The van der Waals surface area contributed by atoms with Crippen molar-refractivity contribution in [1.82, 2.24) is 10.3 Å². The average Bonchev–Trinajstić information content (AvgIpc) is 2.65. The predicted molar refractivity (Wildman–Crippen MR) is 106 cm³/mol. The van der Waals surface area contributed by atoms with E-state index in [4.69, 9.17) is 9.47 Å². The molecule has 1 aliphatic heterocycles. The van der Waals surface area contributed by atoms with Gasteiger partial charge in [-0.15, -0.1) is 0 Å². The van der Waals surface area contributed by atoms with Gasteiger partial charge in [0.1, 0.15) is 0 Å². The number of ether oxygens (including phenoxy) is 2. The predicted octanol–water partition coefficient (Wildman–Crippen LogP) is 3.59. The van der Waals surface area contributed by atoms with E-state index in [-0.39, 0.29) is 6.10 Å². The van der Waals surface area contributed by atoms with Crippen LogP contribution in [0.15, 0.2) is 59.1 Å². The largest absolute Gasteiger partial charge is 0.466 e. The fourth-order valence-corrected chi connectivity index (χ4v) is 3.59. The van der Waals surface area contributed by atoms with Crippen molar-refractivity contribution in [3.63, 3.8) is 0 Å². The highest BCUT2D eigenvalue weighted by atomic mass is 16.5. The van der Waals surface area contributed by atoms with E-state index < -0.39 is 17.9 Å². The van der Waals surface area contributed by atoms with Crippen molar-refractivity contribution in [3.8, 4) is 0 Å². The molecule has 146 valence electrons. The molecular formula is C22H24N2O4. The Bertz CT molecular complexity index is 999.